The van der Waals surface area contributed by atoms with Crippen molar-refractivity contribution in [2.45, 2.75) is 29.9 Å². The van der Waals surface area contributed by atoms with Crippen molar-refractivity contribution in [2.75, 3.05) is 5.32 Å². The van der Waals surface area contributed by atoms with Crippen LogP contribution in [0.1, 0.15) is 18.4 Å². The van der Waals surface area contributed by atoms with Gasteiger partial charge in [-0.25, -0.2) is 0 Å². The molecule has 0 fully saturated rings. The van der Waals surface area contributed by atoms with Crippen LogP contribution in [0.2, 0.25) is 0 Å². The second-order valence-electron chi connectivity index (χ2n) is 5.15. The van der Waals surface area contributed by atoms with Crippen LogP contribution in [-0.2, 0) is 4.79 Å². The van der Waals surface area contributed by atoms with Crippen molar-refractivity contribution in [2.24, 2.45) is 0 Å². The van der Waals surface area contributed by atoms with Crippen LogP contribution in [0.15, 0.2) is 46.8 Å². The first-order valence-corrected chi connectivity index (χ1v) is 9.11. The summed E-state index contributed by atoms with van der Waals surface area (Å²) in [6.45, 7) is 3.92. The van der Waals surface area contributed by atoms with E-state index < -0.39 is 0 Å². The number of hydrogen-bond acceptors (Lipinski definition) is 5. The van der Waals surface area contributed by atoms with E-state index in [1.165, 1.54) is 23.1 Å². The second-order valence-corrected chi connectivity index (χ2v) is 7.78. The van der Waals surface area contributed by atoms with Gasteiger partial charge in [0.1, 0.15) is 5.01 Å². The van der Waals surface area contributed by atoms with Gasteiger partial charge in [0.2, 0.25) is 5.91 Å². The van der Waals surface area contributed by atoms with E-state index in [-0.39, 0.29) is 11.2 Å². The third-order valence-electron chi connectivity index (χ3n) is 3.43. The van der Waals surface area contributed by atoms with Crippen LogP contribution in [0.5, 0.6) is 0 Å². The first-order chi connectivity index (χ1) is 11.2. The van der Waals surface area contributed by atoms with Crippen LogP contribution in [0.25, 0.3) is 10.8 Å². The van der Waals surface area contributed by atoms with Gasteiger partial charge in [-0.1, -0.05) is 60.4 Å². The molecule has 0 bridgehead atoms. The maximum absolute atomic E-state index is 12.5. The lowest BCUT2D eigenvalue weighted by Gasteiger charge is -2.13. The van der Waals surface area contributed by atoms with Crippen molar-refractivity contribution >= 4 is 45.5 Å². The summed E-state index contributed by atoms with van der Waals surface area (Å²) in [7, 11) is 0. The third-order valence-corrected chi connectivity index (χ3v) is 5.72. The predicted octanol–water partition coefficient (Wildman–Crippen LogP) is 4.51. The molecule has 23 heavy (non-hydrogen) atoms. The standard InChI is InChI=1S/C17H17N3OS2/c1-3-15(23-17-20-19-11(2)22-17)16(21)18-14-9-8-12-6-4-5-7-13(12)10-14/h4-10,15H,3H2,1-2H3,(H,18,21). The number of amides is 1. The summed E-state index contributed by atoms with van der Waals surface area (Å²) in [5.41, 5.74) is 0.821. The van der Waals surface area contributed by atoms with Crippen molar-refractivity contribution in [3.8, 4) is 0 Å². The highest BCUT2D eigenvalue weighted by Crippen LogP contribution is 2.29. The van der Waals surface area contributed by atoms with E-state index in [1.807, 2.05) is 50.2 Å². The number of nitrogens with zero attached hydrogens (tertiary/aromatic N) is 2. The first-order valence-electron chi connectivity index (χ1n) is 7.42. The second kappa shape index (κ2) is 7.10. The highest BCUT2D eigenvalue weighted by molar-refractivity contribution is 8.02. The number of aromatic nitrogens is 2. The Hall–Kier alpha value is -1.92. The molecule has 1 N–H and O–H groups in total. The minimum Gasteiger partial charge on any atom is -0.325 e. The first kappa shape index (κ1) is 16.0. The van der Waals surface area contributed by atoms with Gasteiger partial charge in [-0.05, 0) is 36.2 Å². The number of aryl methyl sites for hydroxylation is 1. The van der Waals surface area contributed by atoms with Crippen molar-refractivity contribution in [1.82, 2.24) is 10.2 Å². The summed E-state index contributed by atoms with van der Waals surface area (Å²) >= 11 is 2.99. The Morgan fingerprint density at radius 3 is 2.70 bits per heavy atom. The molecule has 2 aromatic carbocycles. The smallest absolute Gasteiger partial charge is 0.237 e. The summed E-state index contributed by atoms with van der Waals surface area (Å²) in [5, 5.41) is 14.1. The van der Waals surface area contributed by atoms with E-state index in [4.69, 9.17) is 0 Å². The van der Waals surface area contributed by atoms with Crippen LogP contribution in [0, 0.1) is 6.92 Å². The molecule has 118 valence electrons. The van der Waals surface area contributed by atoms with E-state index in [0.717, 1.165) is 32.2 Å². The Labute approximate surface area is 143 Å². The number of carbonyl (C=O) groups excluding carboxylic acids is 1. The molecule has 1 amide bonds. The summed E-state index contributed by atoms with van der Waals surface area (Å²) in [4.78, 5) is 12.5. The molecule has 1 heterocycles. The monoisotopic (exact) mass is 343 g/mol. The molecule has 1 atom stereocenters. The molecule has 0 spiro atoms. The number of anilines is 1. The van der Waals surface area contributed by atoms with Crippen molar-refractivity contribution < 1.29 is 4.79 Å². The molecule has 3 rings (SSSR count). The highest BCUT2D eigenvalue weighted by atomic mass is 32.2. The van der Waals surface area contributed by atoms with Crippen molar-refractivity contribution in [3.05, 3.63) is 47.5 Å². The SMILES string of the molecule is CCC(Sc1nnc(C)s1)C(=O)Nc1ccc2ccccc2c1. The fourth-order valence-corrected chi connectivity index (χ4v) is 4.24. The minimum atomic E-state index is -0.172. The van der Waals surface area contributed by atoms with Gasteiger partial charge in [0.25, 0.3) is 0 Å². The van der Waals surface area contributed by atoms with Gasteiger partial charge in [0, 0.05) is 5.69 Å². The lowest BCUT2D eigenvalue weighted by Crippen LogP contribution is -2.24. The Morgan fingerprint density at radius 2 is 2.00 bits per heavy atom. The Bertz CT molecular complexity index is 831. The number of hydrogen-bond donors (Lipinski definition) is 1. The maximum atomic E-state index is 12.5. The normalized spacial score (nSPS) is 12.3. The lowest BCUT2D eigenvalue weighted by molar-refractivity contribution is -0.115. The maximum Gasteiger partial charge on any atom is 0.237 e. The minimum absolute atomic E-state index is 0.000587. The molecule has 4 nitrogen and oxygen atoms in total. The zero-order valence-corrected chi connectivity index (χ0v) is 14.6. The van der Waals surface area contributed by atoms with Crippen LogP contribution in [0.3, 0.4) is 0 Å². The van der Waals surface area contributed by atoms with Crippen LogP contribution >= 0.6 is 23.1 Å². The molecule has 0 aliphatic heterocycles. The van der Waals surface area contributed by atoms with Gasteiger partial charge in [-0.15, -0.1) is 10.2 Å². The summed E-state index contributed by atoms with van der Waals surface area (Å²) in [6, 6.07) is 14.1. The van der Waals surface area contributed by atoms with Crippen LogP contribution < -0.4 is 5.32 Å². The van der Waals surface area contributed by atoms with Gasteiger partial charge in [0.15, 0.2) is 4.34 Å². The summed E-state index contributed by atoms with van der Waals surface area (Å²) in [5.74, 6) is 0.000587. The van der Waals surface area contributed by atoms with Crippen LogP contribution in [0.4, 0.5) is 5.69 Å². The number of rotatable bonds is 5. The number of thioether (sulfide) groups is 1. The van der Waals surface area contributed by atoms with Gasteiger partial charge < -0.3 is 5.32 Å². The highest BCUT2D eigenvalue weighted by Gasteiger charge is 2.20. The van der Waals surface area contributed by atoms with E-state index in [0.29, 0.717) is 0 Å². The molecule has 6 heteroatoms. The van der Waals surface area contributed by atoms with Gasteiger partial charge >= 0.3 is 0 Å². The molecular formula is C17H17N3OS2. The van der Waals surface area contributed by atoms with Crippen molar-refractivity contribution in [3.63, 3.8) is 0 Å². The van der Waals surface area contributed by atoms with E-state index in [1.54, 1.807) is 0 Å². The molecular weight excluding hydrogens is 326 g/mol. The Kier molecular flexibility index (Phi) is 4.93. The Morgan fingerprint density at radius 1 is 1.22 bits per heavy atom. The van der Waals surface area contributed by atoms with E-state index in [9.17, 15) is 4.79 Å². The average molecular weight is 343 g/mol. The number of benzene rings is 2. The zero-order chi connectivity index (χ0) is 16.2. The third kappa shape index (κ3) is 3.89. The predicted molar refractivity (Wildman–Crippen MR) is 97.2 cm³/mol. The lowest BCUT2D eigenvalue weighted by atomic mass is 10.1. The number of nitrogens with one attached hydrogen (secondary N) is 1. The molecule has 0 radical (unpaired) electrons. The van der Waals surface area contributed by atoms with Gasteiger partial charge in [-0.3, -0.25) is 4.79 Å². The zero-order valence-electron chi connectivity index (χ0n) is 12.9. The quantitative estimate of drug-likeness (QED) is 0.693. The fourth-order valence-electron chi connectivity index (χ4n) is 2.26. The molecule has 1 aromatic heterocycles. The molecule has 0 aliphatic rings. The molecule has 0 aliphatic carbocycles. The van der Waals surface area contributed by atoms with Crippen molar-refractivity contribution in [1.29, 1.82) is 0 Å². The summed E-state index contributed by atoms with van der Waals surface area (Å²) < 4.78 is 0.836. The topological polar surface area (TPSA) is 54.9 Å². The Balaban J connectivity index is 1.72. The largest absolute Gasteiger partial charge is 0.325 e. The number of carbonyl (C=O) groups is 1. The van der Waals surface area contributed by atoms with E-state index in [2.05, 4.69) is 21.6 Å². The molecule has 1 unspecified atom stereocenters. The summed E-state index contributed by atoms with van der Waals surface area (Å²) in [6.07, 6.45) is 0.739. The average Bonchev–Trinajstić information content (AvgIpc) is 2.97. The molecule has 0 saturated carbocycles. The molecule has 0 saturated heterocycles. The van der Waals surface area contributed by atoms with Gasteiger partial charge in [0.05, 0.1) is 5.25 Å². The van der Waals surface area contributed by atoms with Crippen LogP contribution in [-0.4, -0.2) is 21.4 Å². The number of fused-ring (bicyclic) bond motifs is 1. The molecule has 3 aromatic rings. The van der Waals surface area contributed by atoms with Gasteiger partial charge in [-0.2, -0.15) is 0 Å². The fraction of sp³-hybridized carbons (Fsp3) is 0.235. The van der Waals surface area contributed by atoms with E-state index >= 15 is 0 Å².